The summed E-state index contributed by atoms with van der Waals surface area (Å²) < 4.78 is 5.52. The van der Waals surface area contributed by atoms with E-state index in [1.807, 2.05) is 0 Å². The van der Waals surface area contributed by atoms with Gasteiger partial charge in [0.1, 0.15) is 5.75 Å². The Morgan fingerprint density at radius 2 is 2.13 bits per heavy atom. The molecule has 1 aliphatic heterocycles. The monoisotopic (exact) mass is 314 g/mol. The van der Waals surface area contributed by atoms with E-state index in [1.165, 1.54) is 43.5 Å². The molecule has 3 nitrogen and oxygen atoms in total. The summed E-state index contributed by atoms with van der Waals surface area (Å²) in [5.41, 5.74) is 3.21. The third-order valence-corrected chi connectivity index (χ3v) is 6.86. The lowest BCUT2D eigenvalue weighted by Gasteiger charge is -2.58. The van der Waals surface area contributed by atoms with Gasteiger partial charge in [0.2, 0.25) is 0 Å². The molecular weight excluding hydrogens is 284 g/mol. The van der Waals surface area contributed by atoms with E-state index in [1.54, 1.807) is 7.11 Å². The van der Waals surface area contributed by atoms with E-state index in [-0.39, 0.29) is 5.41 Å². The number of hydrogen-bond donors (Lipinski definition) is 1. The summed E-state index contributed by atoms with van der Waals surface area (Å²) in [7, 11) is 3.92. The molecule has 2 bridgehead atoms. The van der Waals surface area contributed by atoms with Gasteiger partial charge in [-0.1, -0.05) is 19.9 Å². The molecule has 0 amide bonds. The molecule has 0 radical (unpaired) electrons. The summed E-state index contributed by atoms with van der Waals surface area (Å²) in [5, 5.41) is 3.70. The van der Waals surface area contributed by atoms with Gasteiger partial charge in [0, 0.05) is 30.6 Å². The van der Waals surface area contributed by atoms with Crippen molar-refractivity contribution in [1.29, 1.82) is 0 Å². The number of ether oxygens (including phenoxy) is 1. The number of rotatable bonds is 4. The minimum absolute atomic E-state index is 0.182. The number of hydrogen-bond acceptors (Lipinski definition) is 3. The fraction of sp³-hybridized carbons (Fsp3) is 0.700. The van der Waals surface area contributed by atoms with E-state index in [0.717, 1.165) is 11.7 Å². The number of benzene rings is 1. The Kier molecular flexibility index (Phi) is 3.69. The molecule has 3 aliphatic rings. The summed E-state index contributed by atoms with van der Waals surface area (Å²) in [6.07, 6.45) is 4.04. The Bertz CT molecular complexity index is 597. The van der Waals surface area contributed by atoms with Gasteiger partial charge in [-0.25, -0.2) is 0 Å². The molecule has 0 spiro atoms. The van der Waals surface area contributed by atoms with Crippen LogP contribution in [0.15, 0.2) is 18.2 Å². The van der Waals surface area contributed by atoms with Gasteiger partial charge in [0.15, 0.2) is 0 Å². The van der Waals surface area contributed by atoms with E-state index in [9.17, 15) is 0 Å². The average molecular weight is 314 g/mol. The average Bonchev–Trinajstić information content (AvgIpc) is 3.36. The predicted molar refractivity (Wildman–Crippen MR) is 94.1 cm³/mol. The topological polar surface area (TPSA) is 24.5 Å². The predicted octanol–water partition coefficient (Wildman–Crippen LogP) is 2.83. The Balaban J connectivity index is 1.77. The van der Waals surface area contributed by atoms with Crippen molar-refractivity contribution in [2.24, 2.45) is 11.8 Å². The van der Waals surface area contributed by atoms with Crippen LogP contribution in [0.3, 0.4) is 0 Å². The number of nitrogens with zero attached hydrogens (tertiary/aromatic N) is 1. The number of likely N-dealkylation sites (tertiary alicyclic amines) is 1. The minimum Gasteiger partial charge on any atom is -0.497 e. The van der Waals surface area contributed by atoms with Gasteiger partial charge in [-0.05, 0) is 61.4 Å². The van der Waals surface area contributed by atoms with Gasteiger partial charge in [-0.2, -0.15) is 0 Å². The van der Waals surface area contributed by atoms with Gasteiger partial charge in [0.25, 0.3) is 0 Å². The molecule has 23 heavy (non-hydrogen) atoms. The van der Waals surface area contributed by atoms with Crippen LogP contribution in [0.5, 0.6) is 5.75 Å². The molecule has 1 saturated heterocycles. The smallest absolute Gasteiger partial charge is 0.119 e. The first-order valence-corrected chi connectivity index (χ1v) is 9.16. The summed E-state index contributed by atoms with van der Waals surface area (Å²) in [6.45, 7) is 7.44. The molecule has 4 atom stereocenters. The van der Waals surface area contributed by atoms with Crippen LogP contribution in [0.1, 0.15) is 37.8 Å². The molecule has 1 saturated carbocycles. The molecule has 1 aromatic rings. The number of fused-ring (bicyclic) bond motifs is 4. The minimum atomic E-state index is 0.182. The first-order chi connectivity index (χ1) is 11.1. The maximum absolute atomic E-state index is 5.52. The van der Waals surface area contributed by atoms with Gasteiger partial charge < -0.3 is 10.1 Å². The Morgan fingerprint density at radius 3 is 2.78 bits per heavy atom. The lowest BCUT2D eigenvalue weighted by Crippen LogP contribution is -2.69. The maximum atomic E-state index is 5.52. The van der Waals surface area contributed by atoms with E-state index in [2.05, 4.69) is 49.3 Å². The Morgan fingerprint density at radius 1 is 1.35 bits per heavy atom. The van der Waals surface area contributed by atoms with Gasteiger partial charge in [-0.3, -0.25) is 4.90 Å². The zero-order valence-corrected chi connectivity index (χ0v) is 14.9. The highest BCUT2D eigenvalue weighted by molar-refractivity contribution is 5.46. The lowest BCUT2D eigenvalue weighted by molar-refractivity contribution is 0.00705. The van der Waals surface area contributed by atoms with Crippen molar-refractivity contribution in [2.45, 2.75) is 50.6 Å². The molecule has 3 heteroatoms. The summed E-state index contributed by atoms with van der Waals surface area (Å²) in [4.78, 5) is 2.79. The third-order valence-electron chi connectivity index (χ3n) is 6.86. The van der Waals surface area contributed by atoms with Crippen molar-refractivity contribution < 1.29 is 4.74 Å². The van der Waals surface area contributed by atoms with Crippen molar-refractivity contribution in [2.75, 3.05) is 27.2 Å². The van der Waals surface area contributed by atoms with Crippen molar-refractivity contribution in [1.82, 2.24) is 10.2 Å². The van der Waals surface area contributed by atoms with Crippen LogP contribution in [-0.4, -0.2) is 44.2 Å². The van der Waals surface area contributed by atoms with Gasteiger partial charge >= 0.3 is 0 Å². The van der Waals surface area contributed by atoms with Gasteiger partial charge in [-0.15, -0.1) is 0 Å². The Hall–Kier alpha value is -1.06. The standard InChI is InChI=1S/C20H30N2O/c1-13-11-22(12-14-5-6-14)18-9-15-7-8-16(23-4)10-17(15)20(13,2)19(18)21-3/h7-8,10,13-14,18-19,21H,5-6,9,11-12H2,1-4H3/t13?,18-,19+,20-/m1/s1. The summed E-state index contributed by atoms with van der Waals surface area (Å²) in [6, 6.07) is 7.88. The van der Waals surface area contributed by atoms with E-state index in [0.29, 0.717) is 18.0 Å². The first kappa shape index (κ1) is 15.5. The second kappa shape index (κ2) is 5.49. The molecule has 4 rings (SSSR count). The molecule has 2 aliphatic carbocycles. The van der Waals surface area contributed by atoms with Crippen LogP contribution in [-0.2, 0) is 11.8 Å². The number of nitrogens with one attached hydrogen (secondary N) is 1. The van der Waals surface area contributed by atoms with Crippen molar-refractivity contribution in [3.05, 3.63) is 29.3 Å². The molecule has 1 N–H and O–H groups in total. The maximum Gasteiger partial charge on any atom is 0.119 e. The molecular formula is C20H30N2O. The zero-order chi connectivity index (χ0) is 16.2. The highest BCUT2D eigenvalue weighted by Gasteiger charge is 2.54. The highest BCUT2D eigenvalue weighted by atomic mass is 16.5. The summed E-state index contributed by atoms with van der Waals surface area (Å²) >= 11 is 0. The zero-order valence-electron chi connectivity index (χ0n) is 14.9. The third kappa shape index (κ3) is 2.32. The first-order valence-electron chi connectivity index (χ1n) is 9.16. The van der Waals surface area contributed by atoms with E-state index < -0.39 is 0 Å². The second-order valence-corrected chi connectivity index (χ2v) is 8.14. The quantitative estimate of drug-likeness (QED) is 0.925. The normalized spacial score (nSPS) is 36.6. The number of likely N-dealkylation sites (N-methyl/N-ethyl adjacent to an activating group) is 1. The van der Waals surface area contributed by atoms with Crippen molar-refractivity contribution in [3.63, 3.8) is 0 Å². The van der Waals surface area contributed by atoms with Crippen molar-refractivity contribution in [3.8, 4) is 5.75 Å². The molecule has 2 fully saturated rings. The van der Waals surface area contributed by atoms with Crippen LogP contribution in [0.4, 0.5) is 0 Å². The fourth-order valence-electron chi connectivity index (χ4n) is 5.20. The van der Waals surface area contributed by atoms with Crippen LogP contribution in [0, 0.1) is 11.8 Å². The largest absolute Gasteiger partial charge is 0.497 e. The molecule has 1 heterocycles. The second-order valence-electron chi connectivity index (χ2n) is 8.14. The lowest BCUT2D eigenvalue weighted by atomic mass is 9.57. The Labute approximate surface area is 140 Å². The molecule has 1 unspecified atom stereocenters. The fourth-order valence-corrected chi connectivity index (χ4v) is 5.20. The van der Waals surface area contributed by atoms with Gasteiger partial charge in [0.05, 0.1) is 7.11 Å². The van der Waals surface area contributed by atoms with E-state index >= 15 is 0 Å². The van der Waals surface area contributed by atoms with Crippen LogP contribution in [0.2, 0.25) is 0 Å². The van der Waals surface area contributed by atoms with E-state index in [4.69, 9.17) is 4.74 Å². The van der Waals surface area contributed by atoms with Crippen LogP contribution < -0.4 is 10.1 Å². The number of piperidine rings is 1. The SMILES string of the molecule is CN[C@H]1[C@H]2Cc3ccc(OC)cc3[C@@]1(C)C(C)CN2CC1CC1. The molecule has 1 aromatic carbocycles. The van der Waals surface area contributed by atoms with Crippen LogP contribution in [0.25, 0.3) is 0 Å². The molecule has 126 valence electrons. The number of methoxy groups -OCH3 is 1. The molecule has 0 aromatic heterocycles. The van der Waals surface area contributed by atoms with Crippen molar-refractivity contribution >= 4 is 0 Å². The van der Waals surface area contributed by atoms with Crippen LogP contribution >= 0.6 is 0 Å². The summed E-state index contributed by atoms with van der Waals surface area (Å²) in [5.74, 6) is 2.59. The highest BCUT2D eigenvalue weighted by Crippen LogP contribution is 2.49.